The maximum Gasteiger partial charge on any atom is 0.251 e. The molecular weight excluding hydrogens is 385 g/mol. The Morgan fingerprint density at radius 1 is 0.926 bits per heavy atom. The summed E-state index contributed by atoms with van der Waals surface area (Å²) in [5.41, 5.74) is 1.65. The van der Waals surface area contributed by atoms with Crippen molar-refractivity contribution in [1.82, 2.24) is 15.1 Å². The van der Waals surface area contributed by atoms with Gasteiger partial charge >= 0.3 is 0 Å². The van der Waals surface area contributed by atoms with Crippen LogP contribution in [0.25, 0.3) is 0 Å². The molecule has 1 heterocycles. The molecular formula is C20H21Cl2N3O2. The minimum atomic E-state index is -0.343. The van der Waals surface area contributed by atoms with Gasteiger partial charge in [-0.2, -0.15) is 0 Å². The third-order valence-corrected chi connectivity index (χ3v) is 5.29. The van der Waals surface area contributed by atoms with Crippen LogP contribution < -0.4 is 5.32 Å². The highest BCUT2D eigenvalue weighted by Crippen LogP contribution is 2.22. The lowest BCUT2D eigenvalue weighted by atomic mass is 10.2. The van der Waals surface area contributed by atoms with Crippen LogP contribution in [0.4, 0.5) is 0 Å². The van der Waals surface area contributed by atoms with Gasteiger partial charge in [0.25, 0.3) is 5.91 Å². The van der Waals surface area contributed by atoms with Crippen LogP contribution in [-0.2, 0) is 11.3 Å². The first-order valence-electron chi connectivity index (χ1n) is 8.80. The second-order valence-corrected chi connectivity index (χ2v) is 7.27. The molecule has 0 bridgehead atoms. The summed E-state index contributed by atoms with van der Waals surface area (Å²) in [5, 5.41) is 3.35. The Morgan fingerprint density at radius 3 is 2.30 bits per heavy atom. The van der Waals surface area contributed by atoms with Gasteiger partial charge in [0.05, 0.1) is 16.6 Å². The number of halogens is 2. The Bertz CT molecular complexity index is 806. The Labute approximate surface area is 168 Å². The molecule has 142 valence electrons. The van der Waals surface area contributed by atoms with Gasteiger partial charge in [0, 0.05) is 38.3 Å². The summed E-state index contributed by atoms with van der Waals surface area (Å²) in [6.45, 7) is 3.82. The number of piperazine rings is 1. The molecule has 7 heteroatoms. The number of nitrogens with one attached hydrogen (secondary N) is 1. The highest BCUT2D eigenvalue weighted by atomic mass is 35.5. The van der Waals surface area contributed by atoms with Gasteiger partial charge in [0.1, 0.15) is 0 Å². The van der Waals surface area contributed by atoms with Crippen LogP contribution in [0, 0.1) is 0 Å². The molecule has 0 radical (unpaired) electrons. The highest BCUT2D eigenvalue weighted by Gasteiger charge is 2.21. The van der Waals surface area contributed by atoms with Crippen LogP contribution in [-0.4, -0.2) is 54.3 Å². The fourth-order valence-electron chi connectivity index (χ4n) is 3.00. The Balaban J connectivity index is 1.44. The average Bonchev–Trinajstić information content (AvgIpc) is 2.69. The summed E-state index contributed by atoms with van der Waals surface area (Å²) in [4.78, 5) is 28.6. The first kappa shape index (κ1) is 19.7. The molecule has 1 aliphatic rings. The normalized spacial score (nSPS) is 14.8. The van der Waals surface area contributed by atoms with Gasteiger partial charge in [-0.05, 0) is 23.8 Å². The number of rotatable bonds is 5. The van der Waals surface area contributed by atoms with Crippen molar-refractivity contribution < 1.29 is 9.59 Å². The third-order valence-electron chi connectivity index (χ3n) is 4.56. The molecule has 0 atom stereocenters. The van der Waals surface area contributed by atoms with E-state index in [1.165, 1.54) is 11.6 Å². The van der Waals surface area contributed by atoms with E-state index in [-0.39, 0.29) is 18.4 Å². The summed E-state index contributed by atoms with van der Waals surface area (Å²) in [7, 11) is 0. The minimum absolute atomic E-state index is 0.0300. The first-order valence-corrected chi connectivity index (χ1v) is 9.56. The van der Waals surface area contributed by atoms with Crippen molar-refractivity contribution in [3.05, 3.63) is 69.7 Å². The lowest BCUT2D eigenvalue weighted by Gasteiger charge is -2.34. The number of carbonyl (C=O) groups is 2. The van der Waals surface area contributed by atoms with Crippen molar-refractivity contribution in [2.75, 3.05) is 32.7 Å². The van der Waals surface area contributed by atoms with Gasteiger partial charge in [0.2, 0.25) is 5.91 Å². The van der Waals surface area contributed by atoms with Crippen LogP contribution in [0.2, 0.25) is 10.0 Å². The number of benzene rings is 2. The number of hydrogen-bond acceptors (Lipinski definition) is 3. The van der Waals surface area contributed by atoms with Gasteiger partial charge in [-0.25, -0.2) is 0 Å². The van der Waals surface area contributed by atoms with E-state index >= 15 is 0 Å². The monoisotopic (exact) mass is 405 g/mol. The van der Waals surface area contributed by atoms with Crippen molar-refractivity contribution >= 4 is 35.0 Å². The molecule has 0 spiro atoms. The van der Waals surface area contributed by atoms with Crippen LogP contribution in [0.5, 0.6) is 0 Å². The smallest absolute Gasteiger partial charge is 0.251 e. The summed E-state index contributed by atoms with van der Waals surface area (Å²) in [6.07, 6.45) is 0. The van der Waals surface area contributed by atoms with Gasteiger partial charge in [0.15, 0.2) is 0 Å². The fourth-order valence-corrected chi connectivity index (χ4v) is 3.30. The molecule has 0 saturated carbocycles. The Hall–Kier alpha value is -2.08. The van der Waals surface area contributed by atoms with E-state index in [1.54, 1.807) is 17.0 Å². The largest absolute Gasteiger partial charge is 0.343 e. The maximum absolute atomic E-state index is 12.4. The molecule has 1 fully saturated rings. The lowest BCUT2D eigenvalue weighted by molar-refractivity contribution is -0.131. The quantitative estimate of drug-likeness (QED) is 0.831. The van der Waals surface area contributed by atoms with Crippen LogP contribution in [0.1, 0.15) is 15.9 Å². The molecule has 1 N–H and O–H groups in total. The zero-order valence-electron chi connectivity index (χ0n) is 14.8. The van der Waals surface area contributed by atoms with Crippen LogP contribution in [0.3, 0.4) is 0 Å². The fraction of sp³-hybridized carbons (Fsp3) is 0.300. The van der Waals surface area contributed by atoms with Crippen molar-refractivity contribution in [1.29, 1.82) is 0 Å². The first-order chi connectivity index (χ1) is 13.0. The molecule has 2 aromatic rings. The molecule has 5 nitrogen and oxygen atoms in total. The second-order valence-electron chi connectivity index (χ2n) is 6.45. The van der Waals surface area contributed by atoms with E-state index < -0.39 is 0 Å². The van der Waals surface area contributed by atoms with E-state index in [0.29, 0.717) is 28.7 Å². The van der Waals surface area contributed by atoms with Crippen LogP contribution >= 0.6 is 23.2 Å². The maximum atomic E-state index is 12.4. The molecule has 2 amide bonds. The standard InChI is InChI=1S/C20H21Cl2N3O2/c21-17-7-6-16(12-18(17)22)20(27)23-13-19(26)25-10-8-24(9-11-25)14-15-4-2-1-3-5-15/h1-7,12H,8-11,13-14H2,(H,23,27). The van der Waals surface area contributed by atoms with Crippen molar-refractivity contribution in [2.45, 2.75) is 6.54 Å². The zero-order valence-corrected chi connectivity index (χ0v) is 16.3. The lowest BCUT2D eigenvalue weighted by Crippen LogP contribution is -2.50. The molecule has 0 unspecified atom stereocenters. The average molecular weight is 406 g/mol. The van der Waals surface area contributed by atoms with E-state index in [2.05, 4.69) is 22.3 Å². The van der Waals surface area contributed by atoms with Crippen molar-refractivity contribution in [2.24, 2.45) is 0 Å². The SMILES string of the molecule is O=C(NCC(=O)N1CCN(Cc2ccccc2)CC1)c1ccc(Cl)c(Cl)c1. The van der Waals surface area contributed by atoms with E-state index in [9.17, 15) is 9.59 Å². The summed E-state index contributed by atoms with van der Waals surface area (Å²) in [5.74, 6) is -0.424. The Morgan fingerprint density at radius 2 is 1.63 bits per heavy atom. The van der Waals surface area contributed by atoms with Gasteiger partial charge in [-0.1, -0.05) is 53.5 Å². The zero-order chi connectivity index (χ0) is 19.2. The summed E-state index contributed by atoms with van der Waals surface area (Å²) < 4.78 is 0. The van der Waals surface area contributed by atoms with Gasteiger partial charge in [-0.3, -0.25) is 14.5 Å². The number of hydrogen-bond donors (Lipinski definition) is 1. The van der Waals surface area contributed by atoms with Crippen LogP contribution in [0.15, 0.2) is 48.5 Å². The molecule has 0 aliphatic carbocycles. The molecule has 2 aromatic carbocycles. The highest BCUT2D eigenvalue weighted by molar-refractivity contribution is 6.42. The predicted molar refractivity (Wildman–Crippen MR) is 107 cm³/mol. The number of amides is 2. The summed E-state index contributed by atoms with van der Waals surface area (Å²) >= 11 is 11.8. The predicted octanol–water partition coefficient (Wildman–Crippen LogP) is 3.07. The molecule has 0 aromatic heterocycles. The molecule has 1 saturated heterocycles. The van der Waals surface area contributed by atoms with E-state index in [0.717, 1.165) is 19.6 Å². The Kier molecular flexibility index (Phi) is 6.72. The van der Waals surface area contributed by atoms with Crippen molar-refractivity contribution in [3.8, 4) is 0 Å². The molecule has 1 aliphatic heterocycles. The van der Waals surface area contributed by atoms with Crippen molar-refractivity contribution in [3.63, 3.8) is 0 Å². The topological polar surface area (TPSA) is 52.7 Å². The van der Waals surface area contributed by atoms with E-state index in [1.807, 2.05) is 18.2 Å². The third kappa shape index (κ3) is 5.45. The van der Waals surface area contributed by atoms with E-state index in [4.69, 9.17) is 23.2 Å². The molecule has 3 rings (SSSR count). The number of nitrogens with zero attached hydrogens (tertiary/aromatic N) is 2. The van der Waals surface area contributed by atoms with Gasteiger partial charge in [-0.15, -0.1) is 0 Å². The summed E-state index contributed by atoms with van der Waals surface area (Å²) in [6, 6.07) is 14.9. The molecule has 27 heavy (non-hydrogen) atoms. The minimum Gasteiger partial charge on any atom is -0.343 e. The van der Waals surface area contributed by atoms with Gasteiger partial charge < -0.3 is 10.2 Å². The second kappa shape index (κ2) is 9.22. The number of carbonyl (C=O) groups excluding carboxylic acids is 2.